The first kappa shape index (κ1) is 17.4. The number of amides is 4. The minimum atomic E-state index is -0.750. The number of ether oxygens (including phenoxy) is 1. The topological polar surface area (TPSA) is 70.2 Å². The molecule has 1 unspecified atom stereocenters. The van der Waals surface area contributed by atoms with E-state index in [1.165, 1.54) is 20.9 Å². The monoisotopic (exact) mass is 345 g/mol. The molecule has 0 spiro atoms. The van der Waals surface area contributed by atoms with Crippen molar-refractivity contribution in [1.29, 1.82) is 0 Å². The van der Waals surface area contributed by atoms with Crippen LogP contribution in [0.5, 0.6) is 0 Å². The van der Waals surface area contributed by atoms with Crippen LogP contribution in [0.25, 0.3) is 0 Å². The fourth-order valence-corrected chi connectivity index (χ4v) is 3.27. The summed E-state index contributed by atoms with van der Waals surface area (Å²) in [5, 5.41) is 0. The van der Waals surface area contributed by atoms with Crippen molar-refractivity contribution >= 4 is 17.8 Å². The van der Waals surface area contributed by atoms with Gasteiger partial charge in [0.1, 0.15) is 0 Å². The predicted octanol–water partition coefficient (Wildman–Crippen LogP) is 0.870. The summed E-state index contributed by atoms with van der Waals surface area (Å²) in [6, 6.07) is 7.64. The Morgan fingerprint density at radius 1 is 1.20 bits per heavy atom. The zero-order valence-corrected chi connectivity index (χ0v) is 14.6. The van der Waals surface area contributed by atoms with E-state index in [0.717, 1.165) is 11.3 Å². The Balaban J connectivity index is 1.60. The standard InChI is InChI=1S/C18H23N3O4/c1-3-20-8-9-21(17(23)16(20)22)18(24)19(2)11-15-10-13-6-4-5-7-14(13)12-25-15/h4-7,15H,3,8-12H2,1-2H3. The molecule has 1 saturated heterocycles. The fraction of sp³-hybridized carbons (Fsp3) is 0.500. The molecule has 1 fully saturated rings. The highest BCUT2D eigenvalue weighted by Gasteiger charge is 2.37. The summed E-state index contributed by atoms with van der Waals surface area (Å²) in [5.74, 6) is -1.36. The van der Waals surface area contributed by atoms with Crippen molar-refractivity contribution in [3.05, 3.63) is 35.4 Å². The maximum atomic E-state index is 12.6. The molecule has 0 aliphatic carbocycles. The van der Waals surface area contributed by atoms with Gasteiger partial charge in [0.25, 0.3) is 0 Å². The highest BCUT2D eigenvalue weighted by atomic mass is 16.5. The second-order valence-corrected chi connectivity index (χ2v) is 6.41. The summed E-state index contributed by atoms with van der Waals surface area (Å²) >= 11 is 0. The molecule has 2 aliphatic rings. The quantitative estimate of drug-likeness (QED) is 0.762. The van der Waals surface area contributed by atoms with Gasteiger partial charge in [-0.3, -0.25) is 14.5 Å². The van der Waals surface area contributed by atoms with Crippen LogP contribution in [0.4, 0.5) is 4.79 Å². The number of imide groups is 1. The predicted molar refractivity (Wildman–Crippen MR) is 90.7 cm³/mol. The van der Waals surface area contributed by atoms with Crippen molar-refractivity contribution in [2.75, 3.05) is 33.2 Å². The summed E-state index contributed by atoms with van der Waals surface area (Å²) in [6.07, 6.45) is 0.608. The van der Waals surface area contributed by atoms with Crippen molar-refractivity contribution in [3.8, 4) is 0 Å². The van der Waals surface area contributed by atoms with Crippen molar-refractivity contribution < 1.29 is 19.1 Å². The number of hydrogen-bond acceptors (Lipinski definition) is 4. The maximum Gasteiger partial charge on any atom is 0.327 e. The molecule has 0 saturated carbocycles. The van der Waals surface area contributed by atoms with Gasteiger partial charge in [-0.1, -0.05) is 24.3 Å². The molecular weight excluding hydrogens is 322 g/mol. The third-order valence-electron chi connectivity index (χ3n) is 4.77. The normalized spacial score (nSPS) is 20.5. The summed E-state index contributed by atoms with van der Waals surface area (Å²) in [4.78, 5) is 40.6. The summed E-state index contributed by atoms with van der Waals surface area (Å²) in [5.41, 5.74) is 2.40. The molecule has 7 heteroatoms. The van der Waals surface area contributed by atoms with E-state index in [4.69, 9.17) is 4.74 Å². The highest BCUT2D eigenvalue weighted by molar-refractivity contribution is 6.38. The Morgan fingerprint density at radius 3 is 2.64 bits per heavy atom. The van der Waals surface area contributed by atoms with Gasteiger partial charge in [-0.05, 0) is 18.1 Å². The molecule has 0 aromatic heterocycles. The van der Waals surface area contributed by atoms with Crippen LogP contribution in [-0.4, -0.2) is 71.9 Å². The first-order valence-electron chi connectivity index (χ1n) is 8.55. The van der Waals surface area contributed by atoms with Crippen LogP contribution >= 0.6 is 0 Å². The number of urea groups is 1. The van der Waals surface area contributed by atoms with Crippen molar-refractivity contribution in [1.82, 2.24) is 14.7 Å². The Morgan fingerprint density at radius 2 is 1.92 bits per heavy atom. The van der Waals surface area contributed by atoms with Crippen LogP contribution in [-0.2, 0) is 27.4 Å². The van der Waals surface area contributed by atoms with Crippen LogP contribution < -0.4 is 0 Å². The van der Waals surface area contributed by atoms with Crippen LogP contribution in [0, 0.1) is 0 Å². The van der Waals surface area contributed by atoms with Gasteiger partial charge in [-0.25, -0.2) is 4.79 Å². The first-order valence-corrected chi connectivity index (χ1v) is 8.55. The van der Waals surface area contributed by atoms with Crippen molar-refractivity contribution in [2.24, 2.45) is 0 Å². The largest absolute Gasteiger partial charge is 0.371 e. The zero-order chi connectivity index (χ0) is 18.0. The number of fused-ring (bicyclic) bond motifs is 1. The number of benzene rings is 1. The average Bonchev–Trinajstić information content (AvgIpc) is 2.63. The lowest BCUT2D eigenvalue weighted by molar-refractivity contribution is -0.153. The third kappa shape index (κ3) is 3.51. The van der Waals surface area contributed by atoms with Gasteiger partial charge >= 0.3 is 17.8 Å². The molecule has 3 rings (SSSR count). The summed E-state index contributed by atoms with van der Waals surface area (Å²) < 4.78 is 5.82. The maximum absolute atomic E-state index is 12.6. The van der Waals surface area contributed by atoms with Gasteiger partial charge in [-0.15, -0.1) is 0 Å². The smallest absolute Gasteiger partial charge is 0.327 e. The molecule has 2 heterocycles. The second kappa shape index (κ2) is 7.23. The minimum Gasteiger partial charge on any atom is -0.371 e. The van der Waals surface area contributed by atoms with Crippen LogP contribution in [0.15, 0.2) is 24.3 Å². The Hall–Kier alpha value is -2.41. The van der Waals surface area contributed by atoms with Gasteiger partial charge in [0, 0.05) is 39.6 Å². The average molecular weight is 345 g/mol. The molecule has 1 aromatic rings. The van der Waals surface area contributed by atoms with E-state index in [1.54, 1.807) is 7.05 Å². The molecule has 4 amide bonds. The lowest BCUT2D eigenvalue weighted by Crippen LogP contribution is -2.58. The molecule has 134 valence electrons. The van der Waals surface area contributed by atoms with Gasteiger partial charge in [-0.2, -0.15) is 0 Å². The number of hydrogen-bond donors (Lipinski definition) is 0. The lowest BCUT2D eigenvalue weighted by Gasteiger charge is -2.35. The van der Waals surface area contributed by atoms with Gasteiger partial charge < -0.3 is 14.5 Å². The SMILES string of the molecule is CCN1CCN(C(=O)N(C)CC2Cc3ccccc3CO2)C(=O)C1=O. The third-order valence-corrected chi connectivity index (χ3v) is 4.77. The Bertz CT molecular complexity index is 691. The van der Waals surface area contributed by atoms with Crippen LogP contribution in [0.1, 0.15) is 18.1 Å². The molecule has 0 N–H and O–H groups in total. The van der Waals surface area contributed by atoms with E-state index in [0.29, 0.717) is 26.2 Å². The van der Waals surface area contributed by atoms with Crippen LogP contribution in [0.3, 0.4) is 0 Å². The summed E-state index contributed by atoms with van der Waals surface area (Å²) in [7, 11) is 1.64. The van der Waals surface area contributed by atoms with E-state index in [2.05, 4.69) is 6.07 Å². The number of rotatable bonds is 3. The molecule has 0 radical (unpaired) electrons. The van der Waals surface area contributed by atoms with Gasteiger partial charge in [0.05, 0.1) is 12.7 Å². The molecule has 0 bridgehead atoms. The van der Waals surface area contributed by atoms with Gasteiger partial charge in [0.15, 0.2) is 0 Å². The van der Waals surface area contributed by atoms with Crippen LogP contribution in [0.2, 0.25) is 0 Å². The lowest BCUT2D eigenvalue weighted by atomic mass is 9.99. The zero-order valence-electron chi connectivity index (χ0n) is 14.6. The van der Waals surface area contributed by atoms with Crippen molar-refractivity contribution in [2.45, 2.75) is 26.1 Å². The molecular formula is C18H23N3O4. The van der Waals surface area contributed by atoms with E-state index >= 15 is 0 Å². The number of piperazine rings is 1. The molecule has 7 nitrogen and oxygen atoms in total. The van der Waals surface area contributed by atoms with E-state index in [9.17, 15) is 14.4 Å². The first-order chi connectivity index (χ1) is 12.0. The number of carbonyl (C=O) groups is 3. The molecule has 1 aromatic carbocycles. The number of likely N-dealkylation sites (N-methyl/N-ethyl adjacent to an activating group) is 2. The Labute approximate surface area is 147 Å². The highest BCUT2D eigenvalue weighted by Crippen LogP contribution is 2.21. The number of carbonyl (C=O) groups excluding carboxylic acids is 3. The van der Waals surface area contributed by atoms with Gasteiger partial charge in [0.2, 0.25) is 0 Å². The molecule has 25 heavy (non-hydrogen) atoms. The summed E-state index contributed by atoms with van der Waals surface area (Å²) in [6.45, 7) is 3.80. The van der Waals surface area contributed by atoms with E-state index in [-0.39, 0.29) is 12.6 Å². The molecule has 2 aliphatic heterocycles. The fourth-order valence-electron chi connectivity index (χ4n) is 3.27. The minimum absolute atomic E-state index is 0.119. The van der Waals surface area contributed by atoms with E-state index < -0.39 is 17.8 Å². The second-order valence-electron chi connectivity index (χ2n) is 6.41. The number of nitrogens with zero attached hydrogens (tertiary/aromatic N) is 3. The van der Waals surface area contributed by atoms with Crippen molar-refractivity contribution in [3.63, 3.8) is 0 Å². The Kier molecular flexibility index (Phi) is 5.03. The van der Waals surface area contributed by atoms with E-state index in [1.807, 2.05) is 25.1 Å². The molecule has 1 atom stereocenters.